The van der Waals surface area contributed by atoms with Crippen molar-refractivity contribution in [2.24, 2.45) is 0 Å². The molecule has 0 radical (unpaired) electrons. The summed E-state index contributed by atoms with van der Waals surface area (Å²) in [5.74, 6) is -1.14. The second-order valence-electron chi connectivity index (χ2n) is 5.68. The fourth-order valence-electron chi connectivity index (χ4n) is 2.41. The molecule has 132 valence electrons. The van der Waals surface area contributed by atoms with Crippen LogP contribution in [-0.2, 0) is 20.9 Å². The molecule has 0 saturated heterocycles. The van der Waals surface area contributed by atoms with E-state index in [4.69, 9.17) is 4.74 Å². The van der Waals surface area contributed by atoms with Crippen molar-refractivity contribution < 1.29 is 14.3 Å². The Morgan fingerprint density at radius 3 is 2.58 bits per heavy atom. The maximum absolute atomic E-state index is 12.4. The highest BCUT2D eigenvalue weighted by Gasteiger charge is 2.18. The van der Waals surface area contributed by atoms with Crippen molar-refractivity contribution in [2.45, 2.75) is 19.6 Å². The third-order valence-corrected chi connectivity index (χ3v) is 3.75. The molecule has 1 N–H and O–H groups in total. The standard InChI is InChI=1S/C19H17N3O4/c1-13(18(24)21-14-7-3-2-4-8-14)26-17(23)11-22-12-20-16-10-6-5-9-15(16)19(22)25/h2-10,12-13H,11H2,1H3,(H,21,24)/t13-/m1/s1. The number of hydrogen-bond acceptors (Lipinski definition) is 5. The number of carbonyl (C=O) groups excluding carboxylic acids is 2. The molecule has 3 aromatic rings. The summed E-state index contributed by atoms with van der Waals surface area (Å²) in [7, 11) is 0. The number of carbonyl (C=O) groups is 2. The zero-order chi connectivity index (χ0) is 18.5. The van der Waals surface area contributed by atoms with Gasteiger partial charge in [-0.1, -0.05) is 30.3 Å². The van der Waals surface area contributed by atoms with E-state index in [0.29, 0.717) is 16.6 Å². The molecule has 0 unspecified atom stereocenters. The SMILES string of the molecule is C[C@@H](OC(=O)Cn1cnc2ccccc2c1=O)C(=O)Nc1ccccc1. The average Bonchev–Trinajstić information content (AvgIpc) is 2.65. The molecule has 0 saturated carbocycles. The largest absolute Gasteiger partial charge is 0.451 e. The molecule has 1 heterocycles. The molecular formula is C19H17N3O4. The van der Waals surface area contributed by atoms with Crippen LogP contribution >= 0.6 is 0 Å². The summed E-state index contributed by atoms with van der Waals surface area (Å²) in [6, 6.07) is 15.7. The first-order chi connectivity index (χ1) is 12.5. The molecule has 1 amide bonds. The first-order valence-corrected chi connectivity index (χ1v) is 8.04. The van der Waals surface area contributed by atoms with Crippen LogP contribution in [-0.4, -0.2) is 27.5 Å². The Kier molecular flexibility index (Phi) is 5.07. The summed E-state index contributed by atoms with van der Waals surface area (Å²) >= 11 is 0. The van der Waals surface area contributed by atoms with Gasteiger partial charge in [0.05, 0.1) is 17.2 Å². The van der Waals surface area contributed by atoms with E-state index in [9.17, 15) is 14.4 Å². The topological polar surface area (TPSA) is 90.3 Å². The monoisotopic (exact) mass is 351 g/mol. The highest BCUT2D eigenvalue weighted by Crippen LogP contribution is 2.07. The third-order valence-electron chi connectivity index (χ3n) is 3.75. The van der Waals surface area contributed by atoms with Gasteiger partial charge in [0.15, 0.2) is 6.10 Å². The average molecular weight is 351 g/mol. The van der Waals surface area contributed by atoms with Crippen molar-refractivity contribution in [2.75, 3.05) is 5.32 Å². The Morgan fingerprint density at radius 2 is 1.81 bits per heavy atom. The Labute approximate surface area is 149 Å². The summed E-state index contributed by atoms with van der Waals surface area (Å²) in [4.78, 5) is 40.7. The van der Waals surface area contributed by atoms with Gasteiger partial charge in [-0.3, -0.25) is 19.0 Å². The van der Waals surface area contributed by atoms with Crippen LogP contribution in [0.4, 0.5) is 5.69 Å². The number of esters is 1. The van der Waals surface area contributed by atoms with Crippen molar-refractivity contribution >= 4 is 28.5 Å². The van der Waals surface area contributed by atoms with Crippen molar-refractivity contribution in [3.8, 4) is 0 Å². The van der Waals surface area contributed by atoms with Crippen LogP contribution in [0, 0.1) is 0 Å². The summed E-state index contributed by atoms with van der Waals surface area (Å²) in [6.45, 7) is 1.15. The van der Waals surface area contributed by atoms with Gasteiger partial charge in [0.25, 0.3) is 11.5 Å². The molecule has 1 atom stereocenters. The van der Waals surface area contributed by atoms with E-state index in [-0.39, 0.29) is 12.1 Å². The number of nitrogens with one attached hydrogen (secondary N) is 1. The lowest BCUT2D eigenvalue weighted by Gasteiger charge is -2.14. The molecule has 0 fully saturated rings. The van der Waals surface area contributed by atoms with Crippen molar-refractivity contribution in [1.82, 2.24) is 9.55 Å². The number of anilines is 1. The molecule has 0 spiro atoms. The van der Waals surface area contributed by atoms with Gasteiger partial charge in [-0.05, 0) is 31.2 Å². The van der Waals surface area contributed by atoms with E-state index in [1.54, 1.807) is 48.5 Å². The lowest BCUT2D eigenvalue weighted by molar-refractivity contribution is -0.153. The molecule has 26 heavy (non-hydrogen) atoms. The smallest absolute Gasteiger partial charge is 0.326 e. The first-order valence-electron chi connectivity index (χ1n) is 8.04. The second kappa shape index (κ2) is 7.60. The van der Waals surface area contributed by atoms with Crippen molar-refractivity contribution in [3.05, 3.63) is 71.3 Å². The number of ether oxygens (including phenoxy) is 1. The van der Waals surface area contributed by atoms with Gasteiger partial charge in [-0.2, -0.15) is 0 Å². The molecule has 7 heteroatoms. The molecule has 0 bridgehead atoms. The Balaban J connectivity index is 1.64. The van der Waals surface area contributed by atoms with E-state index < -0.39 is 18.0 Å². The van der Waals surface area contributed by atoms with Crippen LogP contribution < -0.4 is 10.9 Å². The number of fused-ring (bicyclic) bond motifs is 1. The van der Waals surface area contributed by atoms with Crippen LogP contribution in [0.25, 0.3) is 10.9 Å². The number of benzene rings is 2. The maximum atomic E-state index is 12.4. The molecule has 1 aromatic heterocycles. The molecule has 7 nitrogen and oxygen atoms in total. The molecule has 0 aliphatic heterocycles. The van der Waals surface area contributed by atoms with E-state index >= 15 is 0 Å². The summed E-state index contributed by atoms with van der Waals surface area (Å²) < 4.78 is 6.28. The fourth-order valence-corrected chi connectivity index (χ4v) is 2.41. The van der Waals surface area contributed by atoms with Gasteiger partial charge in [0.1, 0.15) is 6.54 Å². The minimum Gasteiger partial charge on any atom is -0.451 e. The highest BCUT2D eigenvalue weighted by molar-refractivity contribution is 5.95. The number of rotatable bonds is 5. The van der Waals surface area contributed by atoms with Crippen molar-refractivity contribution in [3.63, 3.8) is 0 Å². The predicted octanol–water partition coefficient (Wildman–Crippen LogP) is 1.97. The predicted molar refractivity (Wildman–Crippen MR) is 96.6 cm³/mol. The Morgan fingerprint density at radius 1 is 1.12 bits per heavy atom. The number of amides is 1. The molecule has 3 rings (SSSR count). The second-order valence-corrected chi connectivity index (χ2v) is 5.68. The summed E-state index contributed by atoms with van der Waals surface area (Å²) in [6.07, 6.45) is 0.299. The zero-order valence-corrected chi connectivity index (χ0v) is 14.1. The number of hydrogen-bond donors (Lipinski definition) is 1. The normalized spacial score (nSPS) is 11.7. The lowest BCUT2D eigenvalue weighted by atomic mass is 10.2. The Bertz CT molecular complexity index is 998. The van der Waals surface area contributed by atoms with Crippen LogP contribution in [0.15, 0.2) is 65.7 Å². The lowest BCUT2D eigenvalue weighted by Crippen LogP contribution is -2.33. The van der Waals surface area contributed by atoms with E-state index in [2.05, 4.69) is 10.3 Å². The first kappa shape index (κ1) is 17.3. The Hall–Kier alpha value is -3.48. The number of para-hydroxylation sites is 2. The van der Waals surface area contributed by atoms with Crippen LogP contribution in [0.2, 0.25) is 0 Å². The van der Waals surface area contributed by atoms with Gasteiger partial charge < -0.3 is 10.1 Å². The van der Waals surface area contributed by atoms with E-state index in [1.165, 1.54) is 13.3 Å². The third kappa shape index (κ3) is 3.94. The van der Waals surface area contributed by atoms with Gasteiger partial charge >= 0.3 is 5.97 Å². The van der Waals surface area contributed by atoms with Crippen LogP contribution in [0.5, 0.6) is 0 Å². The van der Waals surface area contributed by atoms with Crippen LogP contribution in [0.1, 0.15) is 6.92 Å². The van der Waals surface area contributed by atoms with Gasteiger partial charge in [-0.25, -0.2) is 4.98 Å². The van der Waals surface area contributed by atoms with Gasteiger partial charge in [0, 0.05) is 5.69 Å². The van der Waals surface area contributed by atoms with E-state index in [0.717, 1.165) is 4.57 Å². The fraction of sp³-hybridized carbons (Fsp3) is 0.158. The number of nitrogens with zero attached hydrogens (tertiary/aromatic N) is 2. The zero-order valence-electron chi connectivity index (χ0n) is 14.1. The molecule has 0 aliphatic rings. The van der Waals surface area contributed by atoms with Gasteiger partial charge in [-0.15, -0.1) is 0 Å². The van der Waals surface area contributed by atoms with Crippen LogP contribution in [0.3, 0.4) is 0 Å². The molecular weight excluding hydrogens is 334 g/mol. The molecule has 2 aromatic carbocycles. The highest BCUT2D eigenvalue weighted by atomic mass is 16.5. The summed E-state index contributed by atoms with van der Waals surface area (Å²) in [5.41, 5.74) is 0.821. The summed E-state index contributed by atoms with van der Waals surface area (Å²) in [5, 5.41) is 3.06. The molecule has 0 aliphatic carbocycles. The van der Waals surface area contributed by atoms with Gasteiger partial charge in [0.2, 0.25) is 0 Å². The minimum absolute atomic E-state index is 0.320. The minimum atomic E-state index is -0.994. The quantitative estimate of drug-likeness (QED) is 0.710. The maximum Gasteiger partial charge on any atom is 0.326 e. The van der Waals surface area contributed by atoms with Crippen molar-refractivity contribution in [1.29, 1.82) is 0 Å². The van der Waals surface area contributed by atoms with E-state index in [1.807, 2.05) is 6.07 Å². The number of aromatic nitrogens is 2.